The summed E-state index contributed by atoms with van der Waals surface area (Å²) in [5.41, 5.74) is 5.56. The van der Waals surface area contributed by atoms with Crippen LogP contribution in [0.25, 0.3) is 0 Å². The molecule has 0 radical (unpaired) electrons. The van der Waals surface area contributed by atoms with Gasteiger partial charge in [-0.1, -0.05) is 6.07 Å². The molecule has 0 aromatic carbocycles. The van der Waals surface area contributed by atoms with E-state index in [9.17, 15) is 0 Å². The van der Waals surface area contributed by atoms with Gasteiger partial charge in [-0.05, 0) is 25.3 Å². The van der Waals surface area contributed by atoms with E-state index in [0.29, 0.717) is 6.61 Å². The van der Waals surface area contributed by atoms with Crippen LogP contribution in [-0.4, -0.2) is 18.8 Å². The van der Waals surface area contributed by atoms with E-state index in [2.05, 4.69) is 17.5 Å². The van der Waals surface area contributed by atoms with Crippen molar-refractivity contribution >= 4 is 11.3 Å². The maximum Gasteiger partial charge on any atom is 0.0640 e. The second-order valence-electron chi connectivity index (χ2n) is 3.87. The maximum atomic E-state index is 5.77. The van der Waals surface area contributed by atoms with Crippen molar-refractivity contribution in [2.45, 2.75) is 25.8 Å². The average molecular weight is 199 g/mol. The monoisotopic (exact) mass is 199 g/mol. The Balaban J connectivity index is 2.09. The molecule has 0 saturated heterocycles. The Morgan fingerprint density at radius 2 is 2.31 bits per heavy atom. The summed E-state index contributed by atoms with van der Waals surface area (Å²) >= 11 is 1.77. The van der Waals surface area contributed by atoms with Gasteiger partial charge in [-0.3, -0.25) is 0 Å². The second kappa shape index (κ2) is 4.74. The molecule has 3 heteroatoms. The molecule has 1 heterocycles. The Kier molecular flexibility index (Phi) is 3.90. The zero-order chi connectivity index (χ0) is 9.73. The summed E-state index contributed by atoms with van der Waals surface area (Å²) in [7, 11) is 0. The van der Waals surface area contributed by atoms with E-state index in [4.69, 9.17) is 10.5 Å². The number of hydrogen-bond donors (Lipinski definition) is 1. The van der Waals surface area contributed by atoms with Crippen LogP contribution >= 0.6 is 11.3 Å². The Labute approximate surface area is 83.7 Å². The van der Waals surface area contributed by atoms with Crippen LogP contribution in [0.5, 0.6) is 0 Å². The lowest BCUT2D eigenvalue weighted by molar-refractivity contribution is 0.100. The minimum absolute atomic E-state index is 0.213. The Bertz CT molecular complexity index is 226. The van der Waals surface area contributed by atoms with Crippen LogP contribution in [0.3, 0.4) is 0 Å². The SMILES string of the molecule is CC(C)(N)COCCc1cccs1. The molecule has 0 unspecified atom stereocenters. The first-order chi connectivity index (χ1) is 6.08. The molecule has 1 aromatic heterocycles. The molecular weight excluding hydrogens is 182 g/mol. The minimum atomic E-state index is -0.213. The van der Waals surface area contributed by atoms with Crippen LogP contribution < -0.4 is 5.73 Å². The van der Waals surface area contributed by atoms with Gasteiger partial charge in [0.2, 0.25) is 0 Å². The first-order valence-corrected chi connectivity index (χ1v) is 5.35. The van der Waals surface area contributed by atoms with Crippen molar-refractivity contribution in [3.63, 3.8) is 0 Å². The Morgan fingerprint density at radius 1 is 1.54 bits per heavy atom. The summed E-state index contributed by atoms with van der Waals surface area (Å²) in [4.78, 5) is 1.37. The van der Waals surface area contributed by atoms with E-state index in [1.807, 2.05) is 13.8 Å². The van der Waals surface area contributed by atoms with Gasteiger partial charge >= 0.3 is 0 Å². The summed E-state index contributed by atoms with van der Waals surface area (Å²) in [6, 6.07) is 4.19. The van der Waals surface area contributed by atoms with Crippen molar-refractivity contribution in [1.82, 2.24) is 0 Å². The van der Waals surface area contributed by atoms with Crippen molar-refractivity contribution in [2.75, 3.05) is 13.2 Å². The van der Waals surface area contributed by atoms with Crippen LogP contribution in [0.4, 0.5) is 0 Å². The fourth-order valence-corrected chi connectivity index (χ4v) is 1.65. The first-order valence-electron chi connectivity index (χ1n) is 4.47. The summed E-state index contributed by atoms with van der Waals surface area (Å²) in [5.74, 6) is 0. The van der Waals surface area contributed by atoms with Gasteiger partial charge in [0.05, 0.1) is 13.2 Å². The highest BCUT2D eigenvalue weighted by Crippen LogP contribution is 2.09. The third-order valence-corrected chi connectivity index (χ3v) is 2.48. The summed E-state index contributed by atoms with van der Waals surface area (Å²) in [6.45, 7) is 5.33. The number of ether oxygens (including phenoxy) is 1. The normalized spacial score (nSPS) is 11.9. The largest absolute Gasteiger partial charge is 0.379 e. The van der Waals surface area contributed by atoms with E-state index in [-0.39, 0.29) is 5.54 Å². The van der Waals surface area contributed by atoms with Crippen molar-refractivity contribution in [2.24, 2.45) is 5.73 Å². The zero-order valence-corrected chi connectivity index (χ0v) is 9.06. The third kappa shape index (κ3) is 5.03. The molecule has 0 atom stereocenters. The average Bonchev–Trinajstić information content (AvgIpc) is 2.48. The molecule has 2 nitrogen and oxygen atoms in total. The van der Waals surface area contributed by atoms with E-state index in [1.54, 1.807) is 11.3 Å². The molecule has 74 valence electrons. The smallest absolute Gasteiger partial charge is 0.0640 e. The number of hydrogen-bond acceptors (Lipinski definition) is 3. The Morgan fingerprint density at radius 3 is 2.85 bits per heavy atom. The summed E-state index contributed by atoms with van der Waals surface area (Å²) in [5, 5.41) is 2.09. The topological polar surface area (TPSA) is 35.2 Å². The van der Waals surface area contributed by atoms with Gasteiger partial charge in [0.1, 0.15) is 0 Å². The number of rotatable bonds is 5. The van der Waals surface area contributed by atoms with E-state index >= 15 is 0 Å². The van der Waals surface area contributed by atoms with Gasteiger partial charge in [-0.2, -0.15) is 0 Å². The molecule has 0 bridgehead atoms. The molecule has 0 aliphatic heterocycles. The maximum absolute atomic E-state index is 5.77. The first kappa shape index (κ1) is 10.7. The predicted molar refractivity (Wildman–Crippen MR) is 57.1 cm³/mol. The highest BCUT2D eigenvalue weighted by atomic mass is 32.1. The van der Waals surface area contributed by atoms with Gasteiger partial charge in [0.15, 0.2) is 0 Å². The fourth-order valence-electron chi connectivity index (χ4n) is 0.963. The second-order valence-corrected chi connectivity index (χ2v) is 4.90. The lowest BCUT2D eigenvalue weighted by Gasteiger charge is -2.17. The molecule has 0 fully saturated rings. The van der Waals surface area contributed by atoms with Crippen LogP contribution in [-0.2, 0) is 11.2 Å². The highest BCUT2D eigenvalue weighted by molar-refractivity contribution is 7.09. The molecule has 0 spiro atoms. The molecular formula is C10H17NOS. The summed E-state index contributed by atoms with van der Waals surface area (Å²) in [6.07, 6.45) is 0.994. The fraction of sp³-hybridized carbons (Fsp3) is 0.600. The van der Waals surface area contributed by atoms with Crippen molar-refractivity contribution in [1.29, 1.82) is 0 Å². The highest BCUT2D eigenvalue weighted by Gasteiger charge is 2.09. The van der Waals surface area contributed by atoms with Gasteiger partial charge in [0, 0.05) is 16.8 Å². The quantitative estimate of drug-likeness (QED) is 0.737. The third-order valence-electron chi connectivity index (χ3n) is 1.55. The number of nitrogens with two attached hydrogens (primary N) is 1. The van der Waals surface area contributed by atoms with Crippen LogP contribution in [0, 0.1) is 0 Å². The van der Waals surface area contributed by atoms with Gasteiger partial charge < -0.3 is 10.5 Å². The van der Waals surface area contributed by atoms with Crippen LogP contribution in [0.2, 0.25) is 0 Å². The van der Waals surface area contributed by atoms with Crippen molar-refractivity contribution < 1.29 is 4.74 Å². The molecule has 0 amide bonds. The molecule has 13 heavy (non-hydrogen) atoms. The van der Waals surface area contributed by atoms with E-state index in [1.165, 1.54) is 4.88 Å². The van der Waals surface area contributed by atoms with Gasteiger partial charge in [-0.25, -0.2) is 0 Å². The minimum Gasteiger partial charge on any atom is -0.379 e. The molecule has 0 saturated carbocycles. The van der Waals surface area contributed by atoms with Crippen molar-refractivity contribution in [3.05, 3.63) is 22.4 Å². The molecule has 0 aliphatic carbocycles. The van der Waals surface area contributed by atoms with Crippen LogP contribution in [0.1, 0.15) is 18.7 Å². The standard InChI is InChI=1S/C10H17NOS/c1-10(2,11)8-12-6-5-9-4-3-7-13-9/h3-4,7H,5-6,8,11H2,1-2H3. The molecule has 1 rings (SSSR count). The zero-order valence-electron chi connectivity index (χ0n) is 8.25. The molecule has 1 aromatic rings. The van der Waals surface area contributed by atoms with E-state index < -0.39 is 0 Å². The van der Waals surface area contributed by atoms with Gasteiger partial charge in [0.25, 0.3) is 0 Å². The lowest BCUT2D eigenvalue weighted by Crippen LogP contribution is -2.37. The predicted octanol–water partition coefficient (Wildman–Crippen LogP) is 2.04. The van der Waals surface area contributed by atoms with E-state index in [0.717, 1.165) is 13.0 Å². The number of thiophene rings is 1. The van der Waals surface area contributed by atoms with Gasteiger partial charge in [-0.15, -0.1) is 11.3 Å². The van der Waals surface area contributed by atoms with Crippen molar-refractivity contribution in [3.8, 4) is 0 Å². The Hall–Kier alpha value is -0.380. The molecule has 0 aliphatic rings. The lowest BCUT2D eigenvalue weighted by atomic mass is 10.1. The van der Waals surface area contributed by atoms with Crippen LogP contribution in [0.15, 0.2) is 17.5 Å². The summed E-state index contributed by atoms with van der Waals surface area (Å²) < 4.78 is 5.45. The molecule has 2 N–H and O–H groups in total.